The van der Waals surface area contributed by atoms with Crippen LogP contribution in [0.3, 0.4) is 0 Å². The first-order chi connectivity index (χ1) is 9.58. The second-order valence-electron chi connectivity index (χ2n) is 4.57. The van der Waals surface area contributed by atoms with Gasteiger partial charge in [0.2, 0.25) is 0 Å². The summed E-state index contributed by atoms with van der Waals surface area (Å²) in [6, 6.07) is 9.64. The van der Waals surface area contributed by atoms with Crippen molar-refractivity contribution in [1.82, 2.24) is 0 Å². The summed E-state index contributed by atoms with van der Waals surface area (Å²) in [5.41, 5.74) is 6.27. The Morgan fingerprint density at radius 3 is 2.15 bits per heavy atom. The average molecular weight is 289 g/mol. The van der Waals surface area contributed by atoms with Crippen molar-refractivity contribution in [2.45, 2.75) is 12.5 Å². The molecule has 0 aromatic heterocycles. The minimum Gasteiger partial charge on any atom is -0.284 e. The molecule has 0 unspecified atom stereocenters. The second kappa shape index (κ2) is 7.60. The number of hydrogen-bond acceptors (Lipinski definition) is 1. The molecule has 4 heteroatoms. The molecule has 0 heterocycles. The highest BCUT2D eigenvalue weighted by molar-refractivity contribution is 6.93. The zero-order valence-corrected chi connectivity index (χ0v) is 12.6. The van der Waals surface area contributed by atoms with Crippen LogP contribution < -0.4 is 4.90 Å². The number of nitrogens with zero attached hydrogens (tertiary/aromatic N) is 1. The molecule has 0 aliphatic rings. The predicted octanol–water partition coefficient (Wildman–Crippen LogP) is 4.60. The standard InChI is InChI=1S/C16H20FNOSi/c1-4-20(5-2,6-3)14-10-13-18(16(17)19)15-11-8-7-9-12-15/h4-9,11-12H,1-3,10,13-14H2. The van der Waals surface area contributed by atoms with E-state index in [-0.39, 0.29) is 0 Å². The number of anilines is 1. The van der Waals surface area contributed by atoms with Crippen LogP contribution in [0.5, 0.6) is 0 Å². The number of carbonyl (C=O) groups is 1. The molecule has 1 amide bonds. The molecule has 0 saturated heterocycles. The fourth-order valence-corrected chi connectivity index (χ4v) is 3.91. The van der Waals surface area contributed by atoms with Crippen molar-refractivity contribution in [3.05, 3.63) is 67.2 Å². The van der Waals surface area contributed by atoms with Crippen molar-refractivity contribution in [2.75, 3.05) is 11.4 Å². The number of carbonyl (C=O) groups excluding carboxylic acids is 1. The van der Waals surface area contributed by atoms with Crippen LogP contribution in [0.2, 0.25) is 6.04 Å². The lowest BCUT2D eigenvalue weighted by Crippen LogP contribution is -2.31. The Morgan fingerprint density at radius 2 is 1.70 bits per heavy atom. The minimum atomic E-state index is -1.89. The van der Waals surface area contributed by atoms with Crippen molar-refractivity contribution in [1.29, 1.82) is 0 Å². The van der Waals surface area contributed by atoms with Crippen LogP contribution in [0.25, 0.3) is 0 Å². The van der Waals surface area contributed by atoms with Crippen LogP contribution in [-0.2, 0) is 0 Å². The summed E-state index contributed by atoms with van der Waals surface area (Å²) in [7, 11) is -1.89. The summed E-state index contributed by atoms with van der Waals surface area (Å²) in [6.07, 6.45) is -0.750. The van der Waals surface area contributed by atoms with Crippen molar-refractivity contribution < 1.29 is 9.18 Å². The Labute approximate surface area is 120 Å². The van der Waals surface area contributed by atoms with Crippen LogP contribution in [0, 0.1) is 0 Å². The fraction of sp³-hybridized carbons (Fsp3) is 0.188. The van der Waals surface area contributed by atoms with Crippen LogP contribution in [0.15, 0.2) is 67.2 Å². The van der Waals surface area contributed by atoms with E-state index in [1.165, 1.54) is 0 Å². The van der Waals surface area contributed by atoms with Gasteiger partial charge >= 0.3 is 6.16 Å². The van der Waals surface area contributed by atoms with Gasteiger partial charge in [0.25, 0.3) is 0 Å². The highest BCUT2D eigenvalue weighted by atomic mass is 28.3. The number of halogens is 1. The zero-order valence-electron chi connectivity index (χ0n) is 11.6. The van der Waals surface area contributed by atoms with Gasteiger partial charge in [-0.1, -0.05) is 35.3 Å². The maximum absolute atomic E-state index is 13.2. The summed E-state index contributed by atoms with van der Waals surface area (Å²) in [5, 5.41) is 0. The van der Waals surface area contributed by atoms with Gasteiger partial charge in [0.05, 0.1) is 0 Å². The lowest BCUT2D eigenvalue weighted by molar-refractivity contribution is 0.228. The lowest BCUT2D eigenvalue weighted by Gasteiger charge is -2.23. The maximum Gasteiger partial charge on any atom is 0.404 e. The molecular formula is C16H20FNOSi. The molecule has 0 saturated carbocycles. The topological polar surface area (TPSA) is 20.3 Å². The van der Waals surface area contributed by atoms with Crippen LogP contribution in [0.1, 0.15) is 6.42 Å². The van der Waals surface area contributed by atoms with Gasteiger partial charge in [-0.2, -0.15) is 0 Å². The Kier molecular flexibility index (Phi) is 6.12. The monoisotopic (exact) mass is 289 g/mol. The third-order valence-electron chi connectivity index (χ3n) is 3.41. The van der Waals surface area contributed by atoms with Gasteiger partial charge < -0.3 is 0 Å². The number of benzene rings is 1. The lowest BCUT2D eigenvalue weighted by atomic mass is 10.3. The third-order valence-corrected chi connectivity index (χ3v) is 6.91. The van der Waals surface area contributed by atoms with Gasteiger partial charge in [-0.3, -0.25) is 4.90 Å². The molecule has 0 bridgehead atoms. The van der Waals surface area contributed by atoms with Crippen LogP contribution in [0.4, 0.5) is 14.9 Å². The van der Waals surface area contributed by atoms with Gasteiger partial charge in [-0.25, -0.2) is 4.79 Å². The molecule has 106 valence electrons. The van der Waals surface area contributed by atoms with E-state index < -0.39 is 14.2 Å². The molecule has 1 aromatic rings. The van der Waals surface area contributed by atoms with E-state index in [2.05, 4.69) is 19.7 Å². The molecule has 0 N–H and O–H groups in total. The highest BCUT2D eigenvalue weighted by Crippen LogP contribution is 2.20. The summed E-state index contributed by atoms with van der Waals surface area (Å²) in [5.74, 6) is 0. The molecule has 2 nitrogen and oxygen atoms in total. The summed E-state index contributed by atoms with van der Waals surface area (Å²) in [4.78, 5) is 12.3. The summed E-state index contributed by atoms with van der Waals surface area (Å²) in [6.45, 7) is 11.8. The minimum absolute atomic E-state index is 0.337. The Hall–Kier alpha value is -1.94. The Morgan fingerprint density at radius 1 is 1.15 bits per heavy atom. The first-order valence-corrected chi connectivity index (χ1v) is 8.95. The van der Waals surface area contributed by atoms with E-state index in [0.29, 0.717) is 18.7 Å². The predicted molar refractivity (Wildman–Crippen MR) is 86.1 cm³/mol. The number of rotatable bonds is 8. The molecular weight excluding hydrogens is 269 g/mol. The van der Waals surface area contributed by atoms with Crippen molar-refractivity contribution in [2.24, 2.45) is 0 Å². The SMILES string of the molecule is C=C[Si](C=C)(C=C)CCCN(C(=O)F)c1ccccc1. The maximum atomic E-state index is 13.2. The largest absolute Gasteiger partial charge is 0.404 e. The second-order valence-corrected chi connectivity index (χ2v) is 8.52. The average Bonchev–Trinajstić information content (AvgIpc) is 2.49. The van der Waals surface area contributed by atoms with E-state index >= 15 is 0 Å². The molecule has 0 aliphatic carbocycles. The first-order valence-electron chi connectivity index (χ1n) is 6.51. The van der Waals surface area contributed by atoms with E-state index in [0.717, 1.165) is 10.9 Å². The van der Waals surface area contributed by atoms with Crippen LogP contribution >= 0.6 is 0 Å². The normalized spacial score (nSPS) is 10.7. The van der Waals surface area contributed by atoms with E-state index in [1.54, 1.807) is 24.3 Å². The molecule has 0 fully saturated rings. The Balaban J connectivity index is 2.70. The van der Waals surface area contributed by atoms with E-state index in [1.807, 2.05) is 23.2 Å². The molecule has 20 heavy (non-hydrogen) atoms. The van der Waals surface area contributed by atoms with Crippen molar-refractivity contribution in [3.8, 4) is 0 Å². The van der Waals surface area contributed by atoms with Gasteiger partial charge in [0, 0.05) is 12.2 Å². The fourth-order valence-electron chi connectivity index (χ4n) is 2.03. The summed E-state index contributed by atoms with van der Waals surface area (Å²) < 4.78 is 13.2. The molecule has 1 rings (SSSR count). The van der Waals surface area contributed by atoms with E-state index in [4.69, 9.17) is 0 Å². The van der Waals surface area contributed by atoms with Gasteiger partial charge in [-0.15, -0.1) is 24.1 Å². The van der Waals surface area contributed by atoms with E-state index in [9.17, 15) is 9.18 Å². The van der Waals surface area contributed by atoms with Crippen LogP contribution in [-0.4, -0.2) is 20.8 Å². The molecule has 0 aliphatic heterocycles. The number of para-hydroxylation sites is 1. The van der Waals surface area contributed by atoms with Gasteiger partial charge in [0.15, 0.2) is 0 Å². The summed E-state index contributed by atoms with van der Waals surface area (Å²) >= 11 is 0. The molecule has 0 radical (unpaired) electrons. The number of amides is 1. The first kappa shape index (κ1) is 16.1. The molecule has 0 atom stereocenters. The quantitative estimate of drug-likeness (QED) is 0.389. The van der Waals surface area contributed by atoms with Crippen molar-refractivity contribution in [3.63, 3.8) is 0 Å². The van der Waals surface area contributed by atoms with Crippen molar-refractivity contribution >= 4 is 19.9 Å². The van der Waals surface area contributed by atoms with Gasteiger partial charge in [0.1, 0.15) is 8.07 Å². The van der Waals surface area contributed by atoms with Gasteiger partial charge in [-0.05, 0) is 24.6 Å². The molecule has 1 aromatic carbocycles. The molecule has 0 spiro atoms. The third kappa shape index (κ3) is 4.03. The Bertz CT molecular complexity index is 465. The number of hydrogen-bond donors (Lipinski definition) is 0. The smallest absolute Gasteiger partial charge is 0.284 e. The highest BCUT2D eigenvalue weighted by Gasteiger charge is 2.22. The zero-order chi connectivity index (χ0) is 15.0.